The number of rotatable bonds is 16. The summed E-state index contributed by atoms with van der Waals surface area (Å²) in [5.74, 6) is 0.836. The summed E-state index contributed by atoms with van der Waals surface area (Å²) in [6.45, 7) is 3.70. The minimum Gasteiger partial charge on any atom is -0.493 e. The number of hydrogen-bond acceptors (Lipinski definition) is 4. The van der Waals surface area contributed by atoms with E-state index in [0.29, 0.717) is 37.7 Å². The first-order valence-electron chi connectivity index (χ1n) is 12.6. The lowest BCUT2D eigenvalue weighted by molar-refractivity contribution is 0.0695. The van der Waals surface area contributed by atoms with E-state index in [-0.39, 0.29) is 5.56 Å². The molecule has 0 aliphatic carbocycles. The molecule has 0 saturated carbocycles. The summed E-state index contributed by atoms with van der Waals surface area (Å²) in [4.78, 5) is 11.5. The van der Waals surface area contributed by atoms with Crippen LogP contribution in [0.1, 0.15) is 62.2 Å². The maximum absolute atomic E-state index is 11.5. The smallest absolute Gasteiger partial charge is 0.335 e. The van der Waals surface area contributed by atoms with Crippen molar-refractivity contribution in [3.05, 3.63) is 78.4 Å². The van der Waals surface area contributed by atoms with Gasteiger partial charge in [-0.25, -0.2) is 4.79 Å². The molecule has 0 aliphatic rings. The molecule has 5 nitrogen and oxygen atoms in total. The van der Waals surface area contributed by atoms with E-state index in [1.807, 2.05) is 42.5 Å². The highest BCUT2D eigenvalue weighted by molar-refractivity contribution is 5.88. The Labute approximate surface area is 208 Å². The Morgan fingerprint density at radius 2 is 1.17 bits per heavy atom. The third-order valence-electron chi connectivity index (χ3n) is 5.68. The molecular weight excluding hydrogens is 440 g/mol. The summed E-state index contributed by atoms with van der Waals surface area (Å²) in [6.07, 6.45) is 7.72. The lowest BCUT2D eigenvalue weighted by Crippen LogP contribution is -2.06. The number of aromatic carboxylic acids is 1. The maximum Gasteiger partial charge on any atom is 0.335 e. The fourth-order valence-corrected chi connectivity index (χ4v) is 3.75. The quantitative estimate of drug-likeness (QED) is 0.215. The number of benzene rings is 3. The molecule has 0 atom stereocenters. The summed E-state index contributed by atoms with van der Waals surface area (Å²) in [6, 6.07) is 23.1. The Balaban J connectivity index is 1.41. The van der Waals surface area contributed by atoms with Crippen LogP contribution in [0.4, 0.5) is 0 Å². The molecular formula is C30H36O5. The molecule has 0 aromatic heterocycles. The molecule has 0 unspecified atom stereocenters. The lowest BCUT2D eigenvalue weighted by Gasteiger charge is -2.12. The van der Waals surface area contributed by atoms with E-state index in [9.17, 15) is 9.90 Å². The van der Waals surface area contributed by atoms with E-state index in [0.717, 1.165) is 24.2 Å². The zero-order valence-corrected chi connectivity index (χ0v) is 20.6. The number of ether oxygens (including phenoxy) is 3. The Hall–Kier alpha value is -3.47. The molecule has 0 heterocycles. The van der Waals surface area contributed by atoms with E-state index in [1.165, 1.54) is 37.3 Å². The number of carboxylic acids is 1. The summed E-state index contributed by atoms with van der Waals surface area (Å²) in [5, 5.41) is 9.42. The van der Waals surface area contributed by atoms with Gasteiger partial charge in [0.25, 0.3) is 0 Å². The second kappa shape index (κ2) is 14.7. The van der Waals surface area contributed by atoms with E-state index in [2.05, 4.69) is 19.1 Å². The number of hydrogen-bond donors (Lipinski definition) is 1. The molecule has 0 amide bonds. The van der Waals surface area contributed by atoms with Crippen LogP contribution in [-0.2, 0) is 0 Å². The van der Waals surface area contributed by atoms with Gasteiger partial charge in [0.05, 0.1) is 25.4 Å². The van der Waals surface area contributed by atoms with Gasteiger partial charge in [-0.1, -0.05) is 81.5 Å². The zero-order chi connectivity index (χ0) is 24.7. The molecule has 0 bridgehead atoms. The first-order chi connectivity index (χ1) is 17.2. The van der Waals surface area contributed by atoms with Gasteiger partial charge in [-0.2, -0.15) is 0 Å². The van der Waals surface area contributed by atoms with Gasteiger partial charge in [-0.15, -0.1) is 0 Å². The lowest BCUT2D eigenvalue weighted by atomic mass is 10.1. The van der Waals surface area contributed by atoms with Crippen LogP contribution in [0.2, 0.25) is 0 Å². The molecule has 3 rings (SSSR count). The van der Waals surface area contributed by atoms with Crippen LogP contribution in [0.15, 0.2) is 72.8 Å². The van der Waals surface area contributed by atoms with Crippen molar-refractivity contribution in [3.63, 3.8) is 0 Å². The predicted molar refractivity (Wildman–Crippen MR) is 140 cm³/mol. The average Bonchev–Trinajstić information content (AvgIpc) is 2.89. The Kier molecular flexibility index (Phi) is 11.0. The molecule has 0 fully saturated rings. The van der Waals surface area contributed by atoms with Crippen molar-refractivity contribution >= 4 is 5.97 Å². The third-order valence-corrected chi connectivity index (χ3v) is 5.68. The van der Waals surface area contributed by atoms with Crippen molar-refractivity contribution in [3.8, 4) is 28.4 Å². The maximum atomic E-state index is 11.5. The topological polar surface area (TPSA) is 65.0 Å². The summed E-state index contributed by atoms with van der Waals surface area (Å²) in [7, 11) is 0. The molecule has 3 aromatic rings. The monoisotopic (exact) mass is 476 g/mol. The molecule has 0 saturated heterocycles. The molecule has 0 radical (unpaired) electrons. The Morgan fingerprint density at radius 3 is 1.80 bits per heavy atom. The SMILES string of the molecule is CCCCCCCCOc1cc(OCCCOc2ccc(-c3ccccc3)cc2)cc(C(=O)O)c1. The largest absolute Gasteiger partial charge is 0.493 e. The Bertz CT molecular complexity index is 1010. The third kappa shape index (κ3) is 9.36. The minimum atomic E-state index is -0.998. The predicted octanol–water partition coefficient (Wildman–Crippen LogP) is 7.64. The fraction of sp³-hybridized carbons (Fsp3) is 0.367. The van der Waals surface area contributed by atoms with Gasteiger partial charge in [0, 0.05) is 12.5 Å². The highest BCUT2D eigenvalue weighted by Crippen LogP contribution is 2.24. The van der Waals surface area contributed by atoms with Gasteiger partial charge in [-0.3, -0.25) is 0 Å². The van der Waals surface area contributed by atoms with Crippen LogP contribution < -0.4 is 14.2 Å². The van der Waals surface area contributed by atoms with Crippen molar-refractivity contribution in [2.24, 2.45) is 0 Å². The summed E-state index contributed by atoms with van der Waals surface area (Å²) >= 11 is 0. The number of unbranched alkanes of at least 4 members (excludes halogenated alkanes) is 5. The van der Waals surface area contributed by atoms with E-state index in [1.54, 1.807) is 12.1 Å². The van der Waals surface area contributed by atoms with Crippen molar-refractivity contribution in [1.82, 2.24) is 0 Å². The normalized spacial score (nSPS) is 10.7. The second-order valence-corrected chi connectivity index (χ2v) is 8.56. The summed E-state index contributed by atoms with van der Waals surface area (Å²) < 4.78 is 17.4. The van der Waals surface area contributed by atoms with E-state index >= 15 is 0 Å². The molecule has 0 aliphatic heterocycles. The number of carbonyl (C=O) groups is 1. The van der Waals surface area contributed by atoms with Gasteiger partial charge in [0.15, 0.2) is 0 Å². The van der Waals surface area contributed by atoms with Crippen LogP contribution in [-0.4, -0.2) is 30.9 Å². The summed E-state index contributed by atoms with van der Waals surface area (Å²) in [5.41, 5.74) is 2.48. The molecule has 5 heteroatoms. The van der Waals surface area contributed by atoms with Crippen molar-refractivity contribution in [1.29, 1.82) is 0 Å². The number of carboxylic acid groups (broad SMARTS) is 1. The molecule has 35 heavy (non-hydrogen) atoms. The molecule has 3 aromatic carbocycles. The van der Waals surface area contributed by atoms with Gasteiger partial charge in [-0.05, 0) is 41.8 Å². The first kappa shape index (κ1) is 26.1. The zero-order valence-electron chi connectivity index (χ0n) is 20.6. The van der Waals surface area contributed by atoms with Crippen LogP contribution in [0, 0.1) is 0 Å². The standard InChI is InChI=1S/C30H36O5/c1-2-3-4-5-6-10-18-34-28-21-26(30(31)32)22-29(23-28)35-20-11-19-33-27-16-14-25(15-17-27)24-12-8-7-9-13-24/h7-9,12-17,21-23H,2-6,10-11,18-20H2,1H3,(H,31,32). The van der Waals surface area contributed by atoms with E-state index in [4.69, 9.17) is 14.2 Å². The van der Waals surface area contributed by atoms with Gasteiger partial charge >= 0.3 is 5.97 Å². The highest BCUT2D eigenvalue weighted by Gasteiger charge is 2.09. The fourth-order valence-electron chi connectivity index (χ4n) is 3.75. The molecule has 1 N–H and O–H groups in total. The molecule has 0 spiro atoms. The van der Waals surface area contributed by atoms with Crippen LogP contribution in [0.5, 0.6) is 17.2 Å². The van der Waals surface area contributed by atoms with Crippen LogP contribution >= 0.6 is 0 Å². The molecule has 186 valence electrons. The second-order valence-electron chi connectivity index (χ2n) is 8.56. The van der Waals surface area contributed by atoms with Crippen molar-refractivity contribution in [2.45, 2.75) is 51.9 Å². The minimum absolute atomic E-state index is 0.162. The van der Waals surface area contributed by atoms with Crippen LogP contribution in [0.25, 0.3) is 11.1 Å². The van der Waals surface area contributed by atoms with Gasteiger partial charge < -0.3 is 19.3 Å². The van der Waals surface area contributed by atoms with Gasteiger partial charge in [0.2, 0.25) is 0 Å². The first-order valence-corrected chi connectivity index (χ1v) is 12.6. The average molecular weight is 477 g/mol. The van der Waals surface area contributed by atoms with Gasteiger partial charge in [0.1, 0.15) is 17.2 Å². The van der Waals surface area contributed by atoms with Crippen molar-refractivity contribution < 1.29 is 24.1 Å². The van der Waals surface area contributed by atoms with E-state index < -0.39 is 5.97 Å². The van der Waals surface area contributed by atoms with Crippen LogP contribution in [0.3, 0.4) is 0 Å². The highest BCUT2D eigenvalue weighted by atomic mass is 16.5. The van der Waals surface area contributed by atoms with Crippen molar-refractivity contribution in [2.75, 3.05) is 19.8 Å². The Morgan fingerprint density at radius 1 is 0.629 bits per heavy atom.